The van der Waals surface area contributed by atoms with Crippen LogP contribution >= 0.6 is 0 Å². The summed E-state index contributed by atoms with van der Waals surface area (Å²) in [6.45, 7) is 1.83. The minimum atomic E-state index is -0.190. The number of carbonyl (C=O) groups is 1. The first-order valence-corrected chi connectivity index (χ1v) is 6.20. The molecule has 0 saturated heterocycles. The van der Waals surface area contributed by atoms with Gasteiger partial charge in [0.2, 0.25) is 5.91 Å². The van der Waals surface area contributed by atoms with Crippen molar-refractivity contribution in [1.82, 2.24) is 5.32 Å². The Kier molecular flexibility index (Phi) is 2.97. The van der Waals surface area contributed by atoms with Crippen LogP contribution in [0.5, 0.6) is 0 Å². The molecular formula is C12H22N2O2. The zero-order chi connectivity index (χ0) is 11.8. The van der Waals surface area contributed by atoms with Gasteiger partial charge in [0.1, 0.15) is 0 Å². The molecule has 0 unspecified atom stereocenters. The van der Waals surface area contributed by atoms with Gasteiger partial charge in [-0.3, -0.25) is 4.79 Å². The summed E-state index contributed by atoms with van der Waals surface area (Å²) in [6, 6.07) is -0.145. The fourth-order valence-corrected chi connectivity index (χ4v) is 2.98. The van der Waals surface area contributed by atoms with Gasteiger partial charge in [-0.25, -0.2) is 0 Å². The van der Waals surface area contributed by atoms with Gasteiger partial charge in [-0.2, -0.15) is 0 Å². The van der Waals surface area contributed by atoms with E-state index in [1.165, 1.54) is 0 Å². The van der Waals surface area contributed by atoms with Crippen LogP contribution in [-0.4, -0.2) is 29.2 Å². The van der Waals surface area contributed by atoms with E-state index in [1.807, 2.05) is 6.92 Å². The normalized spacial score (nSPS) is 39.4. The molecule has 92 valence electrons. The Bertz CT molecular complexity index is 266. The summed E-state index contributed by atoms with van der Waals surface area (Å²) in [5, 5.41) is 11.9. The highest BCUT2D eigenvalue weighted by molar-refractivity contribution is 5.83. The monoisotopic (exact) mass is 226 g/mol. The number of carbonyl (C=O) groups excluding carboxylic acids is 1. The zero-order valence-electron chi connectivity index (χ0n) is 9.96. The Hall–Kier alpha value is -0.610. The molecule has 0 aliphatic heterocycles. The number of aliphatic hydroxyl groups is 1. The van der Waals surface area contributed by atoms with Crippen molar-refractivity contribution < 1.29 is 9.90 Å². The second kappa shape index (κ2) is 4.00. The second-order valence-corrected chi connectivity index (χ2v) is 5.70. The van der Waals surface area contributed by atoms with Crippen LogP contribution in [0.1, 0.15) is 45.4 Å². The van der Waals surface area contributed by atoms with Crippen LogP contribution in [-0.2, 0) is 4.79 Å². The van der Waals surface area contributed by atoms with Gasteiger partial charge in [-0.05, 0) is 45.4 Å². The molecule has 2 bridgehead atoms. The largest absolute Gasteiger partial charge is 0.394 e. The van der Waals surface area contributed by atoms with Crippen LogP contribution in [0.2, 0.25) is 0 Å². The summed E-state index contributed by atoms with van der Waals surface area (Å²) in [5.74, 6) is 0.121. The molecule has 3 fully saturated rings. The lowest BCUT2D eigenvalue weighted by molar-refractivity contribution is -0.138. The van der Waals surface area contributed by atoms with Gasteiger partial charge in [-0.1, -0.05) is 0 Å². The number of amides is 1. The van der Waals surface area contributed by atoms with Crippen molar-refractivity contribution in [3.05, 3.63) is 0 Å². The number of nitrogens with one attached hydrogen (secondary N) is 1. The van der Waals surface area contributed by atoms with Crippen LogP contribution in [0.3, 0.4) is 0 Å². The van der Waals surface area contributed by atoms with E-state index in [4.69, 9.17) is 10.8 Å². The van der Waals surface area contributed by atoms with Crippen LogP contribution in [0.25, 0.3) is 0 Å². The number of hydrogen-bond acceptors (Lipinski definition) is 3. The third kappa shape index (κ3) is 1.96. The van der Waals surface area contributed by atoms with Crippen molar-refractivity contribution in [3.8, 4) is 0 Å². The van der Waals surface area contributed by atoms with Gasteiger partial charge in [0, 0.05) is 17.0 Å². The fourth-order valence-electron chi connectivity index (χ4n) is 2.98. The Balaban J connectivity index is 2.01. The first-order valence-electron chi connectivity index (χ1n) is 6.20. The molecule has 0 aromatic rings. The summed E-state index contributed by atoms with van der Waals surface area (Å²) in [5.41, 5.74) is 6.03. The van der Waals surface area contributed by atoms with Crippen molar-refractivity contribution >= 4 is 5.91 Å². The van der Waals surface area contributed by atoms with E-state index in [0.29, 0.717) is 0 Å². The third-order valence-corrected chi connectivity index (χ3v) is 4.44. The molecule has 1 amide bonds. The Morgan fingerprint density at radius 2 is 1.81 bits per heavy atom. The topological polar surface area (TPSA) is 75.3 Å². The lowest BCUT2D eigenvalue weighted by atomic mass is 9.57. The molecule has 0 heterocycles. The second-order valence-electron chi connectivity index (χ2n) is 5.70. The summed E-state index contributed by atoms with van der Waals surface area (Å²) < 4.78 is 0. The number of aliphatic hydroxyl groups excluding tert-OH is 1. The Morgan fingerprint density at radius 3 is 2.25 bits per heavy atom. The number of fused-ring (bicyclic) bond motifs is 3. The summed E-state index contributed by atoms with van der Waals surface area (Å²) >= 11 is 0. The van der Waals surface area contributed by atoms with E-state index in [0.717, 1.165) is 38.5 Å². The minimum absolute atomic E-state index is 0.00263. The lowest BCUT2D eigenvalue weighted by Crippen LogP contribution is -2.57. The maximum Gasteiger partial charge on any atom is 0.226 e. The highest BCUT2D eigenvalue weighted by atomic mass is 16.3. The van der Waals surface area contributed by atoms with Crippen molar-refractivity contribution in [3.63, 3.8) is 0 Å². The maximum atomic E-state index is 12.2. The number of rotatable bonds is 3. The molecule has 3 aliphatic carbocycles. The standard InChI is InChI=1S/C12H22N2O2/c1-9(8-15)14-10(16)11-2-5-12(13,6-3-11)7-4-11/h9,15H,2-8,13H2,1H3,(H,14,16)/t9-,11?,12?/m0/s1. The molecule has 4 nitrogen and oxygen atoms in total. The predicted molar refractivity (Wildman–Crippen MR) is 61.7 cm³/mol. The van der Waals surface area contributed by atoms with Crippen LogP contribution < -0.4 is 11.1 Å². The average molecular weight is 226 g/mol. The van der Waals surface area contributed by atoms with E-state index >= 15 is 0 Å². The molecule has 4 heteroatoms. The lowest BCUT2D eigenvalue weighted by Gasteiger charge is -2.50. The van der Waals surface area contributed by atoms with Gasteiger partial charge in [0.25, 0.3) is 0 Å². The number of nitrogens with two attached hydrogens (primary N) is 1. The molecule has 3 aliphatic rings. The highest BCUT2D eigenvalue weighted by Gasteiger charge is 2.50. The van der Waals surface area contributed by atoms with Crippen molar-refractivity contribution in [2.75, 3.05) is 6.61 Å². The Labute approximate surface area is 96.6 Å². The van der Waals surface area contributed by atoms with Gasteiger partial charge >= 0.3 is 0 Å². The minimum Gasteiger partial charge on any atom is -0.394 e. The van der Waals surface area contributed by atoms with E-state index in [2.05, 4.69) is 5.32 Å². The maximum absolute atomic E-state index is 12.2. The molecule has 0 radical (unpaired) electrons. The molecule has 3 rings (SSSR count). The molecule has 1 atom stereocenters. The van der Waals surface area contributed by atoms with Gasteiger partial charge in [-0.15, -0.1) is 0 Å². The quantitative estimate of drug-likeness (QED) is 0.657. The Morgan fingerprint density at radius 1 is 1.31 bits per heavy atom. The van der Waals surface area contributed by atoms with Crippen LogP contribution in [0.4, 0.5) is 0 Å². The van der Waals surface area contributed by atoms with Gasteiger partial charge in [0.05, 0.1) is 6.61 Å². The molecule has 0 aromatic heterocycles. The van der Waals surface area contributed by atoms with Crippen molar-refractivity contribution in [2.45, 2.75) is 57.0 Å². The smallest absolute Gasteiger partial charge is 0.226 e. The van der Waals surface area contributed by atoms with E-state index in [1.54, 1.807) is 0 Å². The molecule has 3 saturated carbocycles. The summed E-state index contributed by atoms with van der Waals surface area (Å²) in [6.07, 6.45) is 5.63. The first kappa shape index (κ1) is 11.9. The molecule has 16 heavy (non-hydrogen) atoms. The van der Waals surface area contributed by atoms with Crippen molar-refractivity contribution in [1.29, 1.82) is 0 Å². The predicted octanol–water partition coefficient (Wildman–Crippen LogP) is 0.535. The summed E-state index contributed by atoms with van der Waals surface area (Å²) in [7, 11) is 0. The zero-order valence-corrected chi connectivity index (χ0v) is 9.96. The van der Waals surface area contributed by atoms with E-state index in [-0.39, 0.29) is 29.5 Å². The van der Waals surface area contributed by atoms with Crippen LogP contribution in [0.15, 0.2) is 0 Å². The highest BCUT2D eigenvalue weighted by Crippen LogP contribution is 2.51. The SMILES string of the molecule is C[C@@H](CO)NC(=O)C12CCC(N)(CC1)CC2. The average Bonchev–Trinajstić information content (AvgIpc) is 2.30. The summed E-state index contributed by atoms with van der Waals surface area (Å²) in [4.78, 5) is 12.2. The fraction of sp³-hybridized carbons (Fsp3) is 0.917. The molecule has 0 spiro atoms. The molecule has 4 N–H and O–H groups in total. The van der Waals surface area contributed by atoms with E-state index in [9.17, 15) is 4.79 Å². The first-order chi connectivity index (χ1) is 7.50. The van der Waals surface area contributed by atoms with Crippen molar-refractivity contribution in [2.24, 2.45) is 11.1 Å². The number of hydrogen-bond donors (Lipinski definition) is 3. The van der Waals surface area contributed by atoms with Crippen LogP contribution in [0, 0.1) is 5.41 Å². The van der Waals surface area contributed by atoms with E-state index < -0.39 is 0 Å². The molecular weight excluding hydrogens is 204 g/mol. The third-order valence-electron chi connectivity index (χ3n) is 4.44. The molecule has 0 aromatic carbocycles. The van der Waals surface area contributed by atoms with Gasteiger partial charge < -0.3 is 16.2 Å². The van der Waals surface area contributed by atoms with Gasteiger partial charge in [0.15, 0.2) is 0 Å².